The van der Waals surface area contributed by atoms with Crippen molar-refractivity contribution in [1.29, 1.82) is 0 Å². The van der Waals surface area contributed by atoms with Gasteiger partial charge in [-0.1, -0.05) is 19.3 Å². The van der Waals surface area contributed by atoms with E-state index in [9.17, 15) is 9.59 Å². The predicted octanol–water partition coefficient (Wildman–Crippen LogP) is 2.63. The minimum Gasteiger partial charge on any atom is -0.497 e. The molecule has 0 radical (unpaired) electrons. The maximum Gasteiger partial charge on any atom is 0.317 e. The van der Waals surface area contributed by atoms with Crippen molar-refractivity contribution in [2.75, 3.05) is 25.5 Å². The van der Waals surface area contributed by atoms with Gasteiger partial charge in [0.15, 0.2) is 0 Å². The van der Waals surface area contributed by atoms with Crippen molar-refractivity contribution in [2.45, 2.75) is 50.0 Å². The first kappa shape index (κ1) is 16.2. The van der Waals surface area contributed by atoms with E-state index in [1.807, 2.05) is 18.2 Å². The predicted molar refractivity (Wildman–Crippen MR) is 94.9 cm³/mol. The summed E-state index contributed by atoms with van der Waals surface area (Å²) in [4.78, 5) is 27.2. The Bertz CT molecular complexity index is 699. The largest absolute Gasteiger partial charge is 0.497 e. The number of amides is 3. The normalized spacial score (nSPS) is 25.8. The number of ether oxygens (including phenoxy) is 1. The highest BCUT2D eigenvalue weighted by atomic mass is 16.5. The van der Waals surface area contributed by atoms with E-state index in [0.717, 1.165) is 29.8 Å². The molecule has 0 aromatic heterocycles. The van der Waals surface area contributed by atoms with Crippen molar-refractivity contribution in [3.8, 4) is 5.75 Å². The molecule has 3 aliphatic rings. The fourth-order valence-electron chi connectivity index (χ4n) is 4.42. The summed E-state index contributed by atoms with van der Waals surface area (Å²) in [6.45, 7) is 1.03. The molecule has 2 N–H and O–H groups in total. The van der Waals surface area contributed by atoms with Crippen molar-refractivity contribution in [1.82, 2.24) is 10.2 Å². The summed E-state index contributed by atoms with van der Waals surface area (Å²) in [5, 5.41) is 6.13. The molecule has 1 aliphatic carbocycles. The van der Waals surface area contributed by atoms with E-state index in [1.54, 1.807) is 12.0 Å². The molecule has 134 valence electrons. The van der Waals surface area contributed by atoms with Crippen LogP contribution in [-0.4, -0.2) is 43.1 Å². The number of benzene rings is 1. The highest BCUT2D eigenvalue weighted by Crippen LogP contribution is 2.45. The molecule has 3 amide bonds. The van der Waals surface area contributed by atoms with Gasteiger partial charge in [-0.15, -0.1) is 0 Å². The zero-order chi connectivity index (χ0) is 17.4. The molecule has 1 saturated heterocycles. The quantitative estimate of drug-likeness (QED) is 0.867. The third kappa shape index (κ3) is 2.73. The van der Waals surface area contributed by atoms with E-state index in [2.05, 4.69) is 10.6 Å². The van der Waals surface area contributed by atoms with E-state index in [4.69, 9.17) is 4.74 Å². The summed E-state index contributed by atoms with van der Waals surface area (Å²) in [6.07, 6.45) is 6.40. The van der Waals surface area contributed by atoms with Crippen molar-refractivity contribution in [3.05, 3.63) is 23.8 Å². The van der Waals surface area contributed by atoms with E-state index in [0.29, 0.717) is 19.5 Å². The molecule has 6 heteroatoms. The van der Waals surface area contributed by atoms with Crippen LogP contribution in [0.2, 0.25) is 0 Å². The Hall–Kier alpha value is -2.24. The number of fused-ring (bicyclic) bond motifs is 2. The van der Waals surface area contributed by atoms with Crippen LogP contribution in [0.25, 0.3) is 0 Å². The van der Waals surface area contributed by atoms with Gasteiger partial charge in [-0.3, -0.25) is 4.79 Å². The number of methoxy groups -OCH3 is 1. The third-order valence-electron chi connectivity index (χ3n) is 5.91. The maximum atomic E-state index is 12.7. The summed E-state index contributed by atoms with van der Waals surface area (Å²) >= 11 is 0. The molecule has 1 saturated carbocycles. The molecule has 6 nitrogen and oxygen atoms in total. The molecule has 2 heterocycles. The fraction of sp³-hybridized carbons (Fsp3) is 0.579. The molecule has 1 atom stereocenters. The van der Waals surface area contributed by atoms with Crippen molar-refractivity contribution in [3.63, 3.8) is 0 Å². The summed E-state index contributed by atoms with van der Waals surface area (Å²) in [5.74, 6) is 0.725. The van der Waals surface area contributed by atoms with E-state index in [-0.39, 0.29) is 18.0 Å². The lowest BCUT2D eigenvalue weighted by atomic mass is 9.81. The van der Waals surface area contributed by atoms with E-state index in [1.165, 1.54) is 19.3 Å². The Labute approximate surface area is 147 Å². The van der Waals surface area contributed by atoms with Gasteiger partial charge in [-0.25, -0.2) is 4.79 Å². The molecule has 1 aromatic rings. The lowest BCUT2D eigenvalue weighted by molar-refractivity contribution is -0.120. The second kappa shape index (κ2) is 6.24. The number of urea groups is 1. The second-order valence-electron chi connectivity index (χ2n) is 7.40. The number of nitrogens with zero attached hydrogens (tertiary/aromatic N) is 1. The standard InChI is InChI=1S/C19H25N3O3/c1-25-14-7-8-16-15(11-14)19(17(23)21-16)9-10-22(12-19)18(24)20-13-5-3-2-4-6-13/h7-8,11,13H,2-6,9-10,12H2,1H3,(H,20,24)(H,21,23)/t19-/m1/s1. The van der Waals surface area contributed by atoms with Gasteiger partial charge in [0.2, 0.25) is 5.91 Å². The zero-order valence-electron chi connectivity index (χ0n) is 14.6. The molecule has 0 bridgehead atoms. The maximum absolute atomic E-state index is 12.7. The van der Waals surface area contributed by atoms with Gasteiger partial charge in [0.25, 0.3) is 0 Å². The molecule has 1 spiro atoms. The number of likely N-dealkylation sites (tertiary alicyclic amines) is 1. The van der Waals surface area contributed by atoms with Crippen LogP contribution < -0.4 is 15.4 Å². The molecular weight excluding hydrogens is 318 g/mol. The van der Waals surface area contributed by atoms with Crippen LogP contribution in [0.4, 0.5) is 10.5 Å². The number of carbonyl (C=O) groups excluding carboxylic acids is 2. The Morgan fingerprint density at radius 3 is 2.88 bits per heavy atom. The van der Waals surface area contributed by atoms with Gasteiger partial charge in [0, 0.05) is 24.8 Å². The van der Waals surface area contributed by atoms with Crippen LogP contribution in [0.15, 0.2) is 18.2 Å². The van der Waals surface area contributed by atoms with Gasteiger partial charge in [-0.2, -0.15) is 0 Å². The van der Waals surface area contributed by atoms with Crippen LogP contribution in [0.5, 0.6) is 5.75 Å². The molecule has 25 heavy (non-hydrogen) atoms. The number of hydrogen-bond acceptors (Lipinski definition) is 3. The number of nitrogens with one attached hydrogen (secondary N) is 2. The number of rotatable bonds is 2. The topological polar surface area (TPSA) is 70.7 Å². The molecular formula is C19H25N3O3. The average molecular weight is 343 g/mol. The van der Waals surface area contributed by atoms with Crippen molar-refractivity contribution in [2.24, 2.45) is 0 Å². The number of carbonyl (C=O) groups is 2. The Morgan fingerprint density at radius 2 is 2.12 bits per heavy atom. The summed E-state index contributed by atoms with van der Waals surface area (Å²) < 4.78 is 5.32. The Morgan fingerprint density at radius 1 is 1.32 bits per heavy atom. The lowest BCUT2D eigenvalue weighted by Gasteiger charge is -2.27. The van der Waals surface area contributed by atoms with Crippen LogP contribution in [0, 0.1) is 0 Å². The Balaban J connectivity index is 1.51. The number of anilines is 1. The monoisotopic (exact) mass is 343 g/mol. The van der Waals surface area contributed by atoms with Crippen molar-refractivity contribution >= 4 is 17.6 Å². The smallest absolute Gasteiger partial charge is 0.317 e. The van der Waals surface area contributed by atoms with Crippen molar-refractivity contribution < 1.29 is 14.3 Å². The zero-order valence-corrected chi connectivity index (χ0v) is 14.6. The highest BCUT2D eigenvalue weighted by Gasteiger charge is 2.52. The fourth-order valence-corrected chi connectivity index (χ4v) is 4.42. The van der Waals surface area contributed by atoms with Gasteiger partial charge in [-0.05, 0) is 43.0 Å². The highest BCUT2D eigenvalue weighted by molar-refractivity contribution is 6.07. The average Bonchev–Trinajstić information content (AvgIpc) is 3.19. The van der Waals surface area contributed by atoms with Crippen LogP contribution >= 0.6 is 0 Å². The number of hydrogen-bond donors (Lipinski definition) is 2. The van der Waals surface area contributed by atoms with Crippen LogP contribution in [-0.2, 0) is 10.2 Å². The molecule has 0 unspecified atom stereocenters. The summed E-state index contributed by atoms with van der Waals surface area (Å²) in [7, 11) is 1.62. The molecule has 1 aromatic carbocycles. The van der Waals surface area contributed by atoms with E-state index < -0.39 is 5.41 Å². The molecule has 2 fully saturated rings. The third-order valence-corrected chi connectivity index (χ3v) is 5.91. The minimum absolute atomic E-state index is 0.0104. The van der Waals surface area contributed by atoms with Crippen LogP contribution in [0.3, 0.4) is 0 Å². The van der Waals surface area contributed by atoms with E-state index >= 15 is 0 Å². The first-order valence-corrected chi connectivity index (χ1v) is 9.18. The van der Waals surface area contributed by atoms with Crippen LogP contribution in [0.1, 0.15) is 44.1 Å². The minimum atomic E-state index is -0.645. The summed E-state index contributed by atoms with van der Waals surface area (Å²) in [5.41, 5.74) is 1.14. The lowest BCUT2D eigenvalue weighted by Crippen LogP contribution is -2.46. The first-order valence-electron chi connectivity index (χ1n) is 9.18. The van der Waals surface area contributed by atoms with Gasteiger partial charge >= 0.3 is 6.03 Å². The van der Waals surface area contributed by atoms with Gasteiger partial charge < -0.3 is 20.3 Å². The van der Waals surface area contributed by atoms with Gasteiger partial charge in [0.05, 0.1) is 12.5 Å². The SMILES string of the molecule is COc1ccc2c(c1)[C@]1(CCN(C(=O)NC3CCCCC3)C1)C(=O)N2. The van der Waals surface area contributed by atoms with Gasteiger partial charge in [0.1, 0.15) is 5.75 Å². The first-order chi connectivity index (χ1) is 12.1. The second-order valence-corrected chi connectivity index (χ2v) is 7.40. The summed E-state index contributed by atoms with van der Waals surface area (Å²) in [6, 6.07) is 5.90. The Kier molecular flexibility index (Phi) is 4.06. The molecule has 2 aliphatic heterocycles. The molecule has 4 rings (SSSR count).